The van der Waals surface area contributed by atoms with Gasteiger partial charge in [0.2, 0.25) is 0 Å². The number of hydrogen-bond acceptors (Lipinski definition) is 7. The molecule has 0 aliphatic carbocycles. The highest BCUT2D eigenvalue weighted by Crippen LogP contribution is 2.31. The van der Waals surface area contributed by atoms with E-state index in [4.69, 9.17) is 14.9 Å². The number of fused-ring (bicyclic) bond motifs is 1. The molecule has 45 heavy (non-hydrogen) atoms. The second kappa shape index (κ2) is 14.6. The Hall–Kier alpha value is -5.01. The average molecular weight is 635 g/mol. The highest BCUT2D eigenvalue weighted by Gasteiger charge is 2.38. The molecule has 0 bridgehead atoms. The first-order chi connectivity index (χ1) is 21.3. The number of anilines is 1. The molecule has 0 radical (unpaired) electrons. The number of carbonyl (C=O) groups excluding carboxylic acids is 3. The predicted molar refractivity (Wildman–Crippen MR) is 158 cm³/mol. The summed E-state index contributed by atoms with van der Waals surface area (Å²) in [5, 5.41) is 15.5. The van der Waals surface area contributed by atoms with Gasteiger partial charge in [0.1, 0.15) is 35.0 Å². The summed E-state index contributed by atoms with van der Waals surface area (Å²) >= 11 is 0. The molecule has 0 unspecified atom stereocenters. The van der Waals surface area contributed by atoms with Gasteiger partial charge in [0.25, 0.3) is 11.8 Å². The van der Waals surface area contributed by atoms with Gasteiger partial charge in [-0.3, -0.25) is 9.59 Å². The van der Waals surface area contributed by atoms with Crippen molar-refractivity contribution < 1.29 is 45.8 Å². The van der Waals surface area contributed by atoms with Gasteiger partial charge < -0.3 is 30.8 Å². The zero-order valence-corrected chi connectivity index (χ0v) is 24.7. The molecule has 0 heterocycles. The fourth-order valence-corrected chi connectivity index (χ4v) is 4.76. The standard InChI is InChI=1S/C31H31F5N4O5/c1-5-25(31(34,35)36)39-17-13-21(32)27(22(33)14-17)29(42)40-23(30(43)45-4)12-16-10-11-20(19-9-7-6-8-18(16)19)26(28(41)38-2)24(15-37)44-3/h6-11,13-15,23,25,37,39H,5,12H2,1-4H3,(H,38,41)(H,40,42)/b26-24+,37-15?/t23-,25+/m0/s1. The Balaban J connectivity index is 2.00. The number of benzene rings is 3. The Bertz CT molecular complexity index is 1620. The molecule has 0 fully saturated rings. The molecule has 240 valence electrons. The molecule has 3 aromatic carbocycles. The van der Waals surface area contributed by atoms with Crippen LogP contribution in [0.15, 0.2) is 54.3 Å². The lowest BCUT2D eigenvalue weighted by Gasteiger charge is -2.22. The maximum atomic E-state index is 14.9. The van der Waals surface area contributed by atoms with Crippen molar-refractivity contribution in [3.8, 4) is 0 Å². The van der Waals surface area contributed by atoms with Gasteiger partial charge in [-0.1, -0.05) is 43.3 Å². The van der Waals surface area contributed by atoms with Crippen molar-refractivity contribution in [2.75, 3.05) is 26.6 Å². The van der Waals surface area contributed by atoms with E-state index in [0.717, 1.165) is 13.3 Å². The summed E-state index contributed by atoms with van der Waals surface area (Å²) in [6, 6.07) is 7.53. The van der Waals surface area contributed by atoms with Crippen LogP contribution in [0.2, 0.25) is 0 Å². The van der Waals surface area contributed by atoms with E-state index in [-0.39, 0.29) is 17.8 Å². The van der Waals surface area contributed by atoms with Crippen molar-refractivity contribution >= 4 is 46.0 Å². The summed E-state index contributed by atoms with van der Waals surface area (Å²) in [6.07, 6.45) is -4.42. The Kier molecular flexibility index (Phi) is 11.2. The highest BCUT2D eigenvalue weighted by molar-refractivity contribution is 6.26. The van der Waals surface area contributed by atoms with Crippen LogP contribution in [0.1, 0.15) is 34.8 Å². The third kappa shape index (κ3) is 7.75. The Morgan fingerprint density at radius 2 is 1.60 bits per heavy atom. The first kappa shape index (κ1) is 34.5. The van der Waals surface area contributed by atoms with Gasteiger partial charge >= 0.3 is 12.1 Å². The van der Waals surface area contributed by atoms with E-state index in [9.17, 15) is 36.3 Å². The monoisotopic (exact) mass is 634 g/mol. The predicted octanol–water partition coefficient (Wildman–Crippen LogP) is 5.14. The molecule has 9 nitrogen and oxygen atoms in total. The van der Waals surface area contributed by atoms with E-state index in [0.29, 0.717) is 34.0 Å². The molecule has 0 spiro atoms. The van der Waals surface area contributed by atoms with Crippen LogP contribution in [-0.2, 0) is 25.5 Å². The van der Waals surface area contributed by atoms with E-state index >= 15 is 0 Å². The van der Waals surface area contributed by atoms with Crippen LogP contribution in [0.3, 0.4) is 0 Å². The van der Waals surface area contributed by atoms with Crippen LogP contribution in [0, 0.1) is 17.0 Å². The quantitative estimate of drug-likeness (QED) is 0.0719. The molecule has 0 aliphatic rings. The van der Waals surface area contributed by atoms with Crippen molar-refractivity contribution in [2.24, 2.45) is 0 Å². The van der Waals surface area contributed by atoms with E-state index in [1.807, 2.05) is 5.32 Å². The van der Waals surface area contributed by atoms with Crippen LogP contribution >= 0.6 is 0 Å². The van der Waals surface area contributed by atoms with Crippen LogP contribution in [0.4, 0.5) is 27.6 Å². The summed E-state index contributed by atoms with van der Waals surface area (Å²) in [6.45, 7) is 1.24. The number of esters is 1. The molecular formula is C31H31F5N4O5. The Morgan fingerprint density at radius 3 is 2.11 bits per heavy atom. The van der Waals surface area contributed by atoms with Crippen LogP contribution in [-0.4, -0.2) is 63.5 Å². The summed E-state index contributed by atoms with van der Waals surface area (Å²) in [5.74, 6) is -5.71. The van der Waals surface area contributed by atoms with Crippen LogP contribution < -0.4 is 16.0 Å². The summed E-state index contributed by atoms with van der Waals surface area (Å²) in [4.78, 5) is 38.5. The molecule has 0 saturated heterocycles. The third-order valence-electron chi connectivity index (χ3n) is 6.96. The number of nitrogens with one attached hydrogen (secondary N) is 4. The molecule has 4 N–H and O–H groups in total. The molecule has 3 aromatic rings. The number of hydrogen-bond donors (Lipinski definition) is 4. The number of likely N-dealkylation sites (N-methyl/N-ethyl adjacent to an activating group) is 1. The molecule has 0 aliphatic heterocycles. The van der Waals surface area contributed by atoms with Gasteiger partial charge in [-0.2, -0.15) is 13.2 Å². The first-order valence-corrected chi connectivity index (χ1v) is 13.5. The van der Waals surface area contributed by atoms with Gasteiger partial charge in [-0.15, -0.1) is 0 Å². The van der Waals surface area contributed by atoms with Crippen molar-refractivity contribution in [1.82, 2.24) is 10.6 Å². The fraction of sp³-hybridized carbons (Fsp3) is 0.290. The van der Waals surface area contributed by atoms with Gasteiger partial charge in [0.05, 0.1) is 26.0 Å². The average Bonchev–Trinajstić information content (AvgIpc) is 3.00. The van der Waals surface area contributed by atoms with Crippen molar-refractivity contribution in [2.45, 2.75) is 38.0 Å². The fourth-order valence-electron chi connectivity index (χ4n) is 4.76. The molecular weight excluding hydrogens is 603 g/mol. The van der Waals surface area contributed by atoms with Gasteiger partial charge in [-0.25, -0.2) is 13.6 Å². The zero-order valence-electron chi connectivity index (χ0n) is 24.7. The molecule has 14 heteroatoms. The number of alkyl halides is 3. The summed E-state index contributed by atoms with van der Waals surface area (Å²) in [7, 11) is 3.78. The lowest BCUT2D eigenvalue weighted by atomic mass is 9.91. The molecule has 2 amide bonds. The minimum atomic E-state index is -4.68. The first-order valence-electron chi connectivity index (χ1n) is 13.5. The minimum Gasteiger partial charge on any atom is -0.494 e. The van der Waals surface area contributed by atoms with Gasteiger partial charge in [-0.05, 0) is 40.5 Å². The SMILES string of the molecule is CC[C@@H](Nc1cc(F)c(C(=O)N[C@@H](Cc2ccc(/C(C(=O)NC)=C(/C=N)OC)c3ccccc23)C(=O)OC)c(F)c1)C(F)(F)F. The molecule has 3 rings (SSSR count). The number of carbonyl (C=O) groups is 3. The number of allylic oxidation sites excluding steroid dienone is 1. The lowest BCUT2D eigenvalue weighted by molar-refractivity contribution is -0.143. The van der Waals surface area contributed by atoms with Crippen molar-refractivity contribution in [1.29, 1.82) is 5.41 Å². The van der Waals surface area contributed by atoms with Crippen molar-refractivity contribution in [3.05, 3.63) is 82.6 Å². The van der Waals surface area contributed by atoms with Crippen molar-refractivity contribution in [3.63, 3.8) is 0 Å². The molecule has 2 atom stereocenters. The second-order valence-corrected chi connectivity index (χ2v) is 9.70. The van der Waals surface area contributed by atoms with Gasteiger partial charge in [0, 0.05) is 19.2 Å². The smallest absolute Gasteiger partial charge is 0.408 e. The highest BCUT2D eigenvalue weighted by atomic mass is 19.4. The largest absolute Gasteiger partial charge is 0.494 e. The Labute approximate surface area is 255 Å². The summed E-state index contributed by atoms with van der Waals surface area (Å²) in [5.41, 5.74) is -0.671. The second-order valence-electron chi connectivity index (χ2n) is 9.70. The van der Waals surface area contributed by atoms with E-state index in [1.54, 1.807) is 36.4 Å². The maximum absolute atomic E-state index is 14.9. The van der Waals surface area contributed by atoms with E-state index in [2.05, 4.69) is 10.6 Å². The number of rotatable bonds is 12. The zero-order chi connectivity index (χ0) is 33.5. The number of ether oxygens (including phenoxy) is 2. The molecule has 0 saturated carbocycles. The third-order valence-corrected chi connectivity index (χ3v) is 6.96. The normalized spacial score (nSPS) is 13.3. The van der Waals surface area contributed by atoms with E-state index < -0.39 is 65.3 Å². The maximum Gasteiger partial charge on any atom is 0.408 e. The summed E-state index contributed by atoms with van der Waals surface area (Å²) < 4.78 is 79.3. The van der Waals surface area contributed by atoms with Crippen LogP contribution in [0.5, 0.6) is 0 Å². The van der Waals surface area contributed by atoms with E-state index in [1.165, 1.54) is 21.1 Å². The minimum absolute atomic E-state index is 0.0131. The topological polar surface area (TPSA) is 130 Å². The molecule has 0 aromatic heterocycles. The number of amides is 2. The van der Waals surface area contributed by atoms with Gasteiger partial charge in [0.15, 0.2) is 0 Å². The lowest BCUT2D eigenvalue weighted by Crippen LogP contribution is -2.43. The Morgan fingerprint density at radius 1 is 0.978 bits per heavy atom. The van der Waals surface area contributed by atoms with Crippen LogP contribution in [0.25, 0.3) is 16.3 Å². The number of methoxy groups -OCH3 is 2. The number of halogens is 5.